The number of hydrogen-bond acceptors (Lipinski definition) is 2. The smallest absolute Gasteiger partial charge is 0.243 e. The van der Waals surface area contributed by atoms with E-state index in [1.807, 2.05) is 12.4 Å². The van der Waals surface area contributed by atoms with Gasteiger partial charge in [0.15, 0.2) is 0 Å². The molecule has 0 unspecified atom stereocenters. The molecule has 1 aromatic heterocycles. The second kappa shape index (κ2) is 13.7. The first-order valence-electron chi connectivity index (χ1n) is 9.63. The van der Waals surface area contributed by atoms with Crippen LogP contribution in [0, 0.1) is 0 Å². The molecule has 0 aromatic carbocycles. The van der Waals surface area contributed by atoms with Crippen molar-refractivity contribution in [3.63, 3.8) is 0 Å². The number of aromatic nitrogens is 2. The predicted molar refractivity (Wildman–Crippen MR) is 102 cm³/mol. The van der Waals surface area contributed by atoms with Gasteiger partial charge in [-0.15, -0.1) is 0 Å². The normalized spacial score (nSPS) is 11.1. The van der Waals surface area contributed by atoms with E-state index in [0.717, 1.165) is 32.6 Å². The van der Waals surface area contributed by atoms with E-state index in [0.29, 0.717) is 0 Å². The number of hydrogen-bond donors (Lipinski definition) is 1. The van der Waals surface area contributed by atoms with Crippen molar-refractivity contribution in [2.24, 2.45) is 0 Å². The second-order valence-corrected chi connectivity index (χ2v) is 6.35. The Hall–Kier alpha value is -1.71. The molecule has 0 atom stereocenters. The highest BCUT2D eigenvalue weighted by Gasteiger charge is 2.03. The third kappa shape index (κ3) is 9.43. The molecule has 1 aromatic rings. The minimum absolute atomic E-state index is 0.991. The summed E-state index contributed by atoms with van der Waals surface area (Å²) in [6.07, 6.45) is 21.4. The molecule has 0 amide bonds. The van der Waals surface area contributed by atoms with Crippen LogP contribution in [0.2, 0.25) is 0 Å². The van der Waals surface area contributed by atoms with Crippen molar-refractivity contribution < 1.29 is 4.57 Å². The third-order valence-electron chi connectivity index (χ3n) is 4.14. The van der Waals surface area contributed by atoms with Gasteiger partial charge in [-0.1, -0.05) is 39.7 Å². The van der Waals surface area contributed by atoms with Crippen molar-refractivity contribution in [3.8, 4) is 0 Å². The predicted octanol–water partition coefficient (Wildman–Crippen LogP) is 4.05. The van der Waals surface area contributed by atoms with Crippen LogP contribution < -0.4 is 9.88 Å². The van der Waals surface area contributed by atoms with Crippen LogP contribution >= 0.6 is 0 Å². The minimum Gasteiger partial charge on any atom is -0.390 e. The maximum absolute atomic E-state index is 3.90. The quantitative estimate of drug-likeness (QED) is 0.387. The molecule has 0 bridgehead atoms. The van der Waals surface area contributed by atoms with Crippen LogP contribution in [0.15, 0.2) is 43.9 Å². The summed E-state index contributed by atoms with van der Waals surface area (Å²) in [5, 5.41) is 3.34. The molecule has 136 valence electrons. The van der Waals surface area contributed by atoms with Gasteiger partial charge in [0.25, 0.3) is 0 Å². The van der Waals surface area contributed by atoms with Crippen LogP contribution in [0.25, 0.3) is 0 Å². The average Bonchev–Trinajstić information content (AvgIpc) is 3.04. The molecule has 0 aliphatic carbocycles. The molecule has 4 heteroatoms. The van der Waals surface area contributed by atoms with Gasteiger partial charge in [-0.05, 0) is 25.5 Å². The minimum atomic E-state index is 0.991. The zero-order chi connectivity index (χ0) is 17.5. The lowest BCUT2D eigenvalue weighted by molar-refractivity contribution is -0.696. The average molecular weight is 334 g/mol. The van der Waals surface area contributed by atoms with Gasteiger partial charge in [0.05, 0.1) is 13.1 Å². The molecule has 0 aliphatic rings. The molecule has 1 N–H and O–H groups in total. The molecular weight excluding hydrogens is 296 g/mol. The van der Waals surface area contributed by atoms with Crippen LogP contribution in [0.4, 0.5) is 0 Å². The maximum Gasteiger partial charge on any atom is 0.243 e. The second-order valence-electron chi connectivity index (χ2n) is 6.35. The van der Waals surface area contributed by atoms with E-state index in [-0.39, 0.29) is 0 Å². The Morgan fingerprint density at radius 1 is 1.12 bits per heavy atom. The summed E-state index contributed by atoms with van der Waals surface area (Å²) >= 11 is 0. The molecule has 0 saturated heterocycles. The first kappa shape index (κ1) is 20.3. The van der Waals surface area contributed by atoms with Crippen molar-refractivity contribution in [1.29, 1.82) is 0 Å². The van der Waals surface area contributed by atoms with Gasteiger partial charge in [-0.25, -0.2) is 9.13 Å². The highest BCUT2D eigenvalue weighted by Crippen LogP contribution is 1.98. The van der Waals surface area contributed by atoms with Crippen LogP contribution in [0.5, 0.6) is 0 Å². The number of unbranched alkanes of at least 4 members (excludes halogenated alkanes) is 4. The Morgan fingerprint density at radius 2 is 1.92 bits per heavy atom. The lowest BCUT2D eigenvalue weighted by Gasteiger charge is -2.14. The fourth-order valence-corrected chi connectivity index (χ4v) is 2.62. The van der Waals surface area contributed by atoms with Crippen LogP contribution in [-0.2, 0) is 13.1 Å². The SMILES string of the molecule is C=CN(/C=C\NCCCCC)CCC[n+]1ccn(CCCCC)c1. The first-order chi connectivity index (χ1) is 11.8. The lowest BCUT2D eigenvalue weighted by Crippen LogP contribution is -2.32. The fourth-order valence-electron chi connectivity index (χ4n) is 2.62. The summed E-state index contributed by atoms with van der Waals surface area (Å²) in [5.41, 5.74) is 0. The molecule has 24 heavy (non-hydrogen) atoms. The maximum atomic E-state index is 3.90. The van der Waals surface area contributed by atoms with Crippen molar-refractivity contribution in [2.75, 3.05) is 13.1 Å². The summed E-state index contributed by atoms with van der Waals surface area (Å²) in [4.78, 5) is 2.14. The monoisotopic (exact) mass is 333 g/mol. The number of nitrogens with one attached hydrogen (secondary N) is 1. The van der Waals surface area contributed by atoms with E-state index in [2.05, 4.69) is 64.7 Å². The van der Waals surface area contributed by atoms with Gasteiger partial charge in [0, 0.05) is 31.9 Å². The van der Waals surface area contributed by atoms with Crippen molar-refractivity contribution >= 4 is 0 Å². The van der Waals surface area contributed by atoms with Gasteiger partial charge in [0.2, 0.25) is 6.33 Å². The largest absolute Gasteiger partial charge is 0.390 e. The molecule has 0 aliphatic heterocycles. The van der Waals surface area contributed by atoms with E-state index in [1.165, 1.54) is 38.5 Å². The Balaban J connectivity index is 2.19. The van der Waals surface area contributed by atoms with E-state index >= 15 is 0 Å². The Morgan fingerprint density at radius 3 is 2.67 bits per heavy atom. The standard InChI is InChI=1S/C20H37N4/c1-4-7-9-12-21-13-17-22(6-3)15-11-16-24-19-18-23(20-24)14-10-8-5-2/h6,13,17-21H,3-5,7-12,14-16H2,1-2H3/q+1/b17-13-. The van der Waals surface area contributed by atoms with E-state index in [1.54, 1.807) is 0 Å². The Kier molecular flexibility index (Phi) is 11.6. The van der Waals surface area contributed by atoms with E-state index < -0.39 is 0 Å². The topological polar surface area (TPSA) is 24.1 Å². The molecular formula is C20H37N4+. The molecule has 0 fully saturated rings. The summed E-state index contributed by atoms with van der Waals surface area (Å²) in [5.74, 6) is 0. The number of rotatable bonds is 15. The molecule has 4 nitrogen and oxygen atoms in total. The molecule has 1 heterocycles. The van der Waals surface area contributed by atoms with Crippen molar-refractivity contribution in [2.45, 2.75) is 71.9 Å². The van der Waals surface area contributed by atoms with Crippen LogP contribution in [-0.4, -0.2) is 22.6 Å². The summed E-state index contributed by atoms with van der Waals surface area (Å²) in [7, 11) is 0. The molecule has 1 rings (SSSR count). The third-order valence-corrected chi connectivity index (χ3v) is 4.14. The van der Waals surface area contributed by atoms with Gasteiger partial charge < -0.3 is 10.2 Å². The lowest BCUT2D eigenvalue weighted by atomic mass is 10.2. The molecule has 0 saturated carbocycles. The van der Waals surface area contributed by atoms with Gasteiger partial charge in [0.1, 0.15) is 12.4 Å². The zero-order valence-electron chi connectivity index (χ0n) is 15.8. The zero-order valence-corrected chi connectivity index (χ0v) is 15.8. The number of imidazole rings is 1. The number of nitrogens with zero attached hydrogens (tertiary/aromatic N) is 3. The molecule has 0 radical (unpaired) electrons. The van der Waals surface area contributed by atoms with Crippen molar-refractivity contribution in [3.05, 3.63) is 43.9 Å². The first-order valence-corrected chi connectivity index (χ1v) is 9.63. The Labute approximate surface area is 148 Å². The van der Waals surface area contributed by atoms with Gasteiger partial charge in [-0.2, -0.15) is 0 Å². The van der Waals surface area contributed by atoms with Crippen LogP contribution in [0.1, 0.15) is 58.8 Å². The highest BCUT2D eigenvalue weighted by atomic mass is 15.1. The summed E-state index contributed by atoms with van der Waals surface area (Å²) in [6, 6.07) is 0. The van der Waals surface area contributed by atoms with E-state index in [9.17, 15) is 0 Å². The van der Waals surface area contributed by atoms with E-state index in [4.69, 9.17) is 0 Å². The van der Waals surface area contributed by atoms with Gasteiger partial charge in [-0.3, -0.25) is 0 Å². The fraction of sp³-hybridized carbons (Fsp3) is 0.650. The molecule has 0 spiro atoms. The highest BCUT2D eigenvalue weighted by molar-refractivity contribution is 4.86. The number of aryl methyl sites for hydroxylation is 2. The van der Waals surface area contributed by atoms with Crippen LogP contribution in [0.3, 0.4) is 0 Å². The van der Waals surface area contributed by atoms with Crippen molar-refractivity contribution in [1.82, 2.24) is 14.8 Å². The summed E-state index contributed by atoms with van der Waals surface area (Å²) in [6.45, 7) is 12.6. The van der Waals surface area contributed by atoms with Gasteiger partial charge >= 0.3 is 0 Å². The summed E-state index contributed by atoms with van der Waals surface area (Å²) < 4.78 is 4.57. The Bertz CT molecular complexity index is 450.